The highest BCUT2D eigenvalue weighted by Crippen LogP contribution is 2.25. The number of hydrogen-bond acceptors (Lipinski definition) is 2. The van der Waals surface area contributed by atoms with E-state index in [1.807, 2.05) is 42.1 Å². The van der Waals surface area contributed by atoms with Gasteiger partial charge >= 0.3 is 0 Å². The van der Waals surface area contributed by atoms with Gasteiger partial charge in [-0.2, -0.15) is 0 Å². The number of carbonyl (C=O) groups is 1. The smallest absolute Gasteiger partial charge is 0.251 e. The number of aryl methyl sites for hydroxylation is 1. The Morgan fingerprint density at radius 3 is 2.73 bits per heavy atom. The van der Waals surface area contributed by atoms with E-state index in [1.54, 1.807) is 24.3 Å². The summed E-state index contributed by atoms with van der Waals surface area (Å²) in [6.07, 6.45) is 2.76. The van der Waals surface area contributed by atoms with Crippen molar-refractivity contribution in [3.05, 3.63) is 65.9 Å². The van der Waals surface area contributed by atoms with Crippen LogP contribution in [0.15, 0.2) is 54.7 Å². The number of nitrogens with zero attached hydrogens (tertiary/aromatic N) is 1. The zero-order chi connectivity index (χ0) is 15.5. The summed E-state index contributed by atoms with van der Waals surface area (Å²) < 4.78 is 2.03. The minimum atomic E-state index is -0.0660. The number of rotatable bonds is 4. The van der Waals surface area contributed by atoms with Crippen molar-refractivity contribution < 1.29 is 9.90 Å². The molecule has 0 unspecified atom stereocenters. The first-order chi connectivity index (χ1) is 10.6. The minimum absolute atomic E-state index is 0.0660. The van der Waals surface area contributed by atoms with Crippen molar-refractivity contribution in [2.75, 3.05) is 6.54 Å². The Bertz CT molecular complexity index is 807. The van der Waals surface area contributed by atoms with Crippen LogP contribution in [0.5, 0.6) is 5.75 Å². The van der Waals surface area contributed by atoms with Gasteiger partial charge in [0, 0.05) is 36.3 Å². The first-order valence-electron chi connectivity index (χ1n) is 7.25. The van der Waals surface area contributed by atoms with E-state index in [9.17, 15) is 9.90 Å². The van der Waals surface area contributed by atoms with Crippen molar-refractivity contribution >= 4 is 16.8 Å². The number of aromatic hydroxyl groups is 1. The molecule has 1 heterocycles. The van der Waals surface area contributed by atoms with E-state index in [1.165, 1.54) is 0 Å². The molecule has 0 saturated heterocycles. The number of carbonyl (C=O) groups excluding carboxylic acids is 1. The zero-order valence-corrected chi connectivity index (χ0v) is 12.4. The molecule has 0 fully saturated rings. The largest absolute Gasteiger partial charge is 0.508 e. The Hall–Kier alpha value is -2.75. The second kappa shape index (κ2) is 5.93. The minimum Gasteiger partial charge on any atom is -0.508 e. The fraction of sp³-hybridized carbons (Fsp3) is 0.167. The van der Waals surface area contributed by atoms with Crippen LogP contribution in [0.4, 0.5) is 0 Å². The van der Waals surface area contributed by atoms with E-state index in [0.717, 1.165) is 22.9 Å². The Kier molecular flexibility index (Phi) is 3.83. The second-order valence-electron chi connectivity index (χ2n) is 5.34. The molecule has 0 aliphatic rings. The van der Waals surface area contributed by atoms with Crippen molar-refractivity contribution in [3.8, 4) is 5.75 Å². The first kappa shape index (κ1) is 14.2. The molecule has 3 rings (SSSR count). The van der Waals surface area contributed by atoms with Crippen LogP contribution >= 0.6 is 0 Å². The van der Waals surface area contributed by atoms with Gasteiger partial charge in [0.2, 0.25) is 0 Å². The average molecular weight is 294 g/mol. The molecule has 0 spiro atoms. The summed E-state index contributed by atoms with van der Waals surface area (Å²) in [5.41, 5.74) is 2.85. The summed E-state index contributed by atoms with van der Waals surface area (Å²) in [4.78, 5) is 12.0. The van der Waals surface area contributed by atoms with E-state index in [-0.39, 0.29) is 11.7 Å². The monoisotopic (exact) mass is 294 g/mol. The SMILES string of the molecule is Cn1cc(CCNC(=O)c2ccccc2)c2cc(O)ccc21. The van der Waals surface area contributed by atoms with Gasteiger partial charge in [-0.05, 0) is 42.3 Å². The maximum atomic E-state index is 12.0. The number of hydrogen-bond donors (Lipinski definition) is 2. The predicted molar refractivity (Wildman–Crippen MR) is 87.1 cm³/mol. The van der Waals surface area contributed by atoms with Crippen LogP contribution in [0.3, 0.4) is 0 Å². The third kappa shape index (κ3) is 2.81. The van der Waals surface area contributed by atoms with Crippen LogP contribution in [-0.2, 0) is 13.5 Å². The fourth-order valence-corrected chi connectivity index (χ4v) is 2.66. The molecule has 4 heteroatoms. The van der Waals surface area contributed by atoms with Crippen LogP contribution in [0.2, 0.25) is 0 Å². The molecule has 4 nitrogen and oxygen atoms in total. The molecular formula is C18H18N2O2. The van der Waals surface area contributed by atoms with Gasteiger partial charge in [0.25, 0.3) is 5.91 Å². The molecular weight excluding hydrogens is 276 g/mol. The maximum Gasteiger partial charge on any atom is 0.251 e. The average Bonchev–Trinajstić information content (AvgIpc) is 2.84. The van der Waals surface area contributed by atoms with Gasteiger partial charge in [0.05, 0.1) is 0 Å². The number of nitrogens with one attached hydrogen (secondary N) is 1. The summed E-state index contributed by atoms with van der Waals surface area (Å²) in [6.45, 7) is 0.558. The van der Waals surface area contributed by atoms with E-state index in [2.05, 4.69) is 5.32 Å². The molecule has 0 saturated carbocycles. The predicted octanol–water partition coefficient (Wildman–Crippen LogP) is 2.86. The molecule has 112 valence electrons. The summed E-state index contributed by atoms with van der Waals surface area (Å²) in [5, 5.41) is 13.6. The van der Waals surface area contributed by atoms with Crippen LogP contribution in [-0.4, -0.2) is 22.1 Å². The van der Waals surface area contributed by atoms with E-state index in [0.29, 0.717) is 12.1 Å². The third-order valence-electron chi connectivity index (χ3n) is 3.77. The second-order valence-corrected chi connectivity index (χ2v) is 5.34. The fourth-order valence-electron chi connectivity index (χ4n) is 2.66. The summed E-state index contributed by atoms with van der Waals surface area (Å²) >= 11 is 0. The normalized spacial score (nSPS) is 10.8. The Balaban J connectivity index is 1.70. The van der Waals surface area contributed by atoms with Gasteiger partial charge in [-0.15, -0.1) is 0 Å². The molecule has 2 aromatic carbocycles. The van der Waals surface area contributed by atoms with Gasteiger partial charge in [-0.1, -0.05) is 18.2 Å². The first-order valence-corrected chi connectivity index (χ1v) is 7.25. The summed E-state index contributed by atoms with van der Waals surface area (Å²) in [6, 6.07) is 14.5. The van der Waals surface area contributed by atoms with Gasteiger partial charge in [0.15, 0.2) is 0 Å². The highest BCUT2D eigenvalue weighted by molar-refractivity contribution is 5.94. The van der Waals surface area contributed by atoms with Crippen molar-refractivity contribution in [2.45, 2.75) is 6.42 Å². The lowest BCUT2D eigenvalue weighted by atomic mass is 10.1. The number of phenolic OH excluding ortho intramolecular Hbond substituents is 1. The van der Waals surface area contributed by atoms with Crippen LogP contribution in [0, 0.1) is 0 Å². The summed E-state index contributed by atoms with van der Waals surface area (Å²) in [7, 11) is 1.98. The van der Waals surface area contributed by atoms with E-state index < -0.39 is 0 Å². The van der Waals surface area contributed by atoms with Crippen molar-refractivity contribution in [1.82, 2.24) is 9.88 Å². The molecule has 0 radical (unpaired) electrons. The lowest BCUT2D eigenvalue weighted by Crippen LogP contribution is -2.25. The number of aromatic nitrogens is 1. The molecule has 3 aromatic rings. The highest BCUT2D eigenvalue weighted by atomic mass is 16.3. The highest BCUT2D eigenvalue weighted by Gasteiger charge is 2.08. The molecule has 22 heavy (non-hydrogen) atoms. The molecule has 1 amide bonds. The Morgan fingerprint density at radius 2 is 1.95 bits per heavy atom. The van der Waals surface area contributed by atoms with Gasteiger partial charge < -0.3 is 15.0 Å². The Labute approximate surface area is 129 Å². The molecule has 0 bridgehead atoms. The molecule has 2 N–H and O–H groups in total. The van der Waals surface area contributed by atoms with E-state index >= 15 is 0 Å². The number of amides is 1. The van der Waals surface area contributed by atoms with Gasteiger partial charge in [-0.25, -0.2) is 0 Å². The zero-order valence-electron chi connectivity index (χ0n) is 12.4. The quantitative estimate of drug-likeness (QED) is 0.777. The van der Waals surface area contributed by atoms with Crippen LogP contribution in [0.1, 0.15) is 15.9 Å². The van der Waals surface area contributed by atoms with Crippen LogP contribution < -0.4 is 5.32 Å². The summed E-state index contributed by atoms with van der Waals surface area (Å²) in [5.74, 6) is 0.192. The standard InChI is InChI=1S/C18H18N2O2/c1-20-12-14(16-11-15(21)7-8-17(16)20)9-10-19-18(22)13-5-3-2-4-6-13/h2-8,11-12,21H,9-10H2,1H3,(H,19,22). The number of phenols is 1. The van der Waals surface area contributed by atoms with Crippen molar-refractivity contribution in [3.63, 3.8) is 0 Å². The number of fused-ring (bicyclic) bond motifs is 1. The van der Waals surface area contributed by atoms with Gasteiger partial charge in [0.1, 0.15) is 5.75 Å². The Morgan fingerprint density at radius 1 is 1.18 bits per heavy atom. The topological polar surface area (TPSA) is 54.3 Å². The van der Waals surface area contributed by atoms with E-state index in [4.69, 9.17) is 0 Å². The number of benzene rings is 2. The molecule has 0 aliphatic carbocycles. The molecule has 0 atom stereocenters. The molecule has 0 aliphatic heterocycles. The van der Waals surface area contributed by atoms with Crippen molar-refractivity contribution in [1.29, 1.82) is 0 Å². The molecule has 1 aromatic heterocycles. The van der Waals surface area contributed by atoms with Crippen molar-refractivity contribution in [2.24, 2.45) is 7.05 Å². The lowest BCUT2D eigenvalue weighted by Gasteiger charge is -2.04. The van der Waals surface area contributed by atoms with Crippen LogP contribution in [0.25, 0.3) is 10.9 Å². The third-order valence-corrected chi connectivity index (χ3v) is 3.77. The lowest BCUT2D eigenvalue weighted by molar-refractivity contribution is 0.0954. The maximum absolute atomic E-state index is 12.0. The van der Waals surface area contributed by atoms with Gasteiger partial charge in [-0.3, -0.25) is 4.79 Å².